The third-order valence-electron chi connectivity index (χ3n) is 4.60. The summed E-state index contributed by atoms with van der Waals surface area (Å²) in [6.45, 7) is 5.14. The van der Waals surface area contributed by atoms with Crippen molar-refractivity contribution in [2.45, 2.75) is 26.9 Å². The molecule has 0 N–H and O–H groups in total. The molecule has 0 unspecified atom stereocenters. The second kappa shape index (κ2) is 8.08. The zero-order chi connectivity index (χ0) is 20.3. The molecular weight excluding hydrogens is 354 g/mol. The van der Waals surface area contributed by atoms with E-state index in [0.29, 0.717) is 17.0 Å². The van der Waals surface area contributed by atoms with E-state index in [0.717, 1.165) is 11.4 Å². The number of rotatable bonds is 5. The zero-order valence-corrected chi connectivity index (χ0v) is 16.4. The molecule has 144 valence electrons. The molecule has 1 heterocycles. The van der Waals surface area contributed by atoms with Gasteiger partial charge in [0.15, 0.2) is 6.10 Å². The number of hydrogen-bond acceptors (Lipinski definition) is 4. The third-order valence-corrected chi connectivity index (χ3v) is 4.60. The standard InChI is InChI=1S/C22H23N3O3/c1-15-20(16(2)25(23-15)19-13-9-6-10-14-19)22(27)28-17(3)21(26)24(4)18-11-7-5-8-12-18/h5-14,17H,1-4H3/t17-/m1/s1. The number of carbonyl (C=O) groups is 2. The number of aromatic nitrogens is 2. The molecule has 1 aromatic heterocycles. The molecule has 6 heteroatoms. The van der Waals surface area contributed by atoms with E-state index in [9.17, 15) is 9.59 Å². The molecule has 3 aromatic rings. The fourth-order valence-corrected chi connectivity index (χ4v) is 3.08. The second-order valence-electron chi connectivity index (χ2n) is 6.57. The number of amides is 1. The van der Waals surface area contributed by atoms with Crippen molar-refractivity contribution in [1.29, 1.82) is 0 Å². The fraction of sp³-hybridized carbons (Fsp3) is 0.227. The Hall–Kier alpha value is -3.41. The molecule has 1 atom stereocenters. The highest BCUT2D eigenvalue weighted by atomic mass is 16.5. The maximum Gasteiger partial charge on any atom is 0.342 e. The molecule has 0 fully saturated rings. The van der Waals surface area contributed by atoms with Crippen molar-refractivity contribution < 1.29 is 14.3 Å². The molecule has 0 bridgehead atoms. The number of nitrogens with zero attached hydrogens (tertiary/aromatic N) is 3. The first-order chi connectivity index (χ1) is 13.4. The first-order valence-corrected chi connectivity index (χ1v) is 9.05. The molecule has 0 aliphatic carbocycles. The average Bonchev–Trinajstić information content (AvgIpc) is 3.02. The van der Waals surface area contributed by atoms with Crippen molar-refractivity contribution in [3.8, 4) is 5.69 Å². The molecular formula is C22H23N3O3. The SMILES string of the molecule is Cc1nn(-c2ccccc2)c(C)c1C(=O)O[C@H](C)C(=O)N(C)c1ccccc1. The second-order valence-corrected chi connectivity index (χ2v) is 6.57. The van der Waals surface area contributed by atoms with E-state index in [2.05, 4.69) is 5.10 Å². The molecule has 28 heavy (non-hydrogen) atoms. The van der Waals surface area contributed by atoms with Crippen molar-refractivity contribution >= 4 is 17.6 Å². The number of ether oxygens (including phenoxy) is 1. The van der Waals surface area contributed by atoms with Gasteiger partial charge in [0, 0.05) is 12.7 Å². The molecule has 2 aromatic carbocycles. The molecule has 3 rings (SSSR count). The summed E-state index contributed by atoms with van der Waals surface area (Å²) in [7, 11) is 1.66. The highest BCUT2D eigenvalue weighted by molar-refractivity contribution is 5.99. The number of para-hydroxylation sites is 2. The van der Waals surface area contributed by atoms with Crippen LogP contribution in [0.15, 0.2) is 60.7 Å². The van der Waals surface area contributed by atoms with Gasteiger partial charge in [0.25, 0.3) is 5.91 Å². The van der Waals surface area contributed by atoms with Crippen LogP contribution in [-0.4, -0.2) is 34.8 Å². The monoisotopic (exact) mass is 377 g/mol. The van der Waals surface area contributed by atoms with Crippen molar-refractivity contribution in [3.63, 3.8) is 0 Å². The van der Waals surface area contributed by atoms with Gasteiger partial charge in [0.1, 0.15) is 5.56 Å². The molecule has 0 saturated carbocycles. The highest BCUT2D eigenvalue weighted by Gasteiger charge is 2.27. The van der Waals surface area contributed by atoms with E-state index in [1.807, 2.05) is 67.6 Å². The number of benzene rings is 2. The summed E-state index contributed by atoms with van der Waals surface area (Å²) in [4.78, 5) is 26.9. The maximum atomic E-state index is 12.8. The number of likely N-dealkylation sites (N-methyl/N-ethyl adjacent to an activating group) is 1. The summed E-state index contributed by atoms with van der Waals surface area (Å²) >= 11 is 0. The molecule has 0 saturated heterocycles. The van der Waals surface area contributed by atoms with Gasteiger partial charge in [0.2, 0.25) is 0 Å². The normalized spacial score (nSPS) is 11.7. The summed E-state index contributed by atoms with van der Waals surface area (Å²) in [6, 6.07) is 18.8. The van der Waals surface area contributed by atoms with E-state index in [1.165, 1.54) is 4.90 Å². The average molecular weight is 377 g/mol. The Labute approximate surface area is 164 Å². The largest absolute Gasteiger partial charge is 0.449 e. The van der Waals surface area contributed by atoms with Crippen LogP contribution in [0, 0.1) is 13.8 Å². The van der Waals surface area contributed by atoms with Gasteiger partial charge in [-0.1, -0.05) is 36.4 Å². The Morgan fingerprint density at radius 2 is 1.57 bits per heavy atom. The van der Waals surface area contributed by atoms with Crippen LogP contribution in [0.5, 0.6) is 0 Å². The third kappa shape index (κ3) is 3.81. The van der Waals surface area contributed by atoms with Gasteiger partial charge in [-0.25, -0.2) is 9.48 Å². The lowest BCUT2D eigenvalue weighted by molar-refractivity contribution is -0.126. The Kier molecular flexibility index (Phi) is 5.59. The summed E-state index contributed by atoms with van der Waals surface area (Å²) in [5, 5.41) is 4.46. The quantitative estimate of drug-likeness (QED) is 0.636. The fourth-order valence-electron chi connectivity index (χ4n) is 3.08. The number of esters is 1. The van der Waals surface area contributed by atoms with Gasteiger partial charge < -0.3 is 9.64 Å². The minimum Gasteiger partial charge on any atom is -0.449 e. The van der Waals surface area contributed by atoms with Crippen molar-refractivity contribution in [2.24, 2.45) is 0 Å². The molecule has 0 radical (unpaired) electrons. The van der Waals surface area contributed by atoms with Gasteiger partial charge in [-0.05, 0) is 45.0 Å². The van der Waals surface area contributed by atoms with Crippen LogP contribution < -0.4 is 4.90 Å². The van der Waals surface area contributed by atoms with Crippen molar-refractivity contribution in [2.75, 3.05) is 11.9 Å². The van der Waals surface area contributed by atoms with Crippen LogP contribution in [0.1, 0.15) is 28.7 Å². The predicted octanol–water partition coefficient (Wildman–Crippen LogP) is 3.70. The molecule has 0 aliphatic heterocycles. The van der Waals surface area contributed by atoms with E-state index in [-0.39, 0.29) is 5.91 Å². The Bertz CT molecular complexity index is 981. The first-order valence-electron chi connectivity index (χ1n) is 9.05. The smallest absolute Gasteiger partial charge is 0.342 e. The molecule has 0 spiro atoms. The van der Waals surface area contributed by atoms with Crippen LogP contribution in [0.2, 0.25) is 0 Å². The van der Waals surface area contributed by atoms with E-state index in [1.54, 1.807) is 25.6 Å². The number of carbonyl (C=O) groups excluding carboxylic acids is 2. The Morgan fingerprint density at radius 1 is 1.00 bits per heavy atom. The van der Waals surface area contributed by atoms with Crippen LogP contribution >= 0.6 is 0 Å². The van der Waals surface area contributed by atoms with Crippen molar-refractivity contribution in [1.82, 2.24) is 9.78 Å². The maximum absolute atomic E-state index is 12.8. The summed E-state index contributed by atoms with van der Waals surface area (Å²) < 4.78 is 7.17. The zero-order valence-electron chi connectivity index (χ0n) is 16.4. The minimum absolute atomic E-state index is 0.301. The van der Waals surface area contributed by atoms with Gasteiger partial charge >= 0.3 is 5.97 Å². The van der Waals surface area contributed by atoms with Gasteiger partial charge in [-0.3, -0.25) is 4.79 Å². The first kappa shape index (κ1) is 19.4. The summed E-state index contributed by atoms with van der Waals surface area (Å²) in [5.41, 5.74) is 3.20. The topological polar surface area (TPSA) is 64.4 Å². The molecule has 0 aliphatic rings. The van der Waals surface area contributed by atoms with Crippen LogP contribution in [0.4, 0.5) is 5.69 Å². The minimum atomic E-state index is -0.920. The molecule has 6 nitrogen and oxygen atoms in total. The lowest BCUT2D eigenvalue weighted by atomic mass is 10.2. The van der Waals surface area contributed by atoms with E-state index >= 15 is 0 Å². The number of aryl methyl sites for hydroxylation is 1. The Morgan fingerprint density at radius 3 is 2.18 bits per heavy atom. The number of hydrogen-bond donors (Lipinski definition) is 0. The van der Waals surface area contributed by atoms with Crippen molar-refractivity contribution in [3.05, 3.63) is 77.6 Å². The predicted molar refractivity (Wildman–Crippen MR) is 108 cm³/mol. The highest BCUT2D eigenvalue weighted by Crippen LogP contribution is 2.20. The summed E-state index contributed by atoms with van der Waals surface area (Å²) in [6.07, 6.45) is -0.920. The van der Waals surface area contributed by atoms with E-state index in [4.69, 9.17) is 4.74 Å². The van der Waals surface area contributed by atoms with Crippen LogP contribution in [0.25, 0.3) is 5.69 Å². The molecule has 1 amide bonds. The van der Waals surface area contributed by atoms with Gasteiger partial charge in [-0.15, -0.1) is 0 Å². The van der Waals surface area contributed by atoms with Crippen LogP contribution in [-0.2, 0) is 9.53 Å². The van der Waals surface area contributed by atoms with E-state index < -0.39 is 12.1 Å². The van der Waals surface area contributed by atoms with Gasteiger partial charge in [0.05, 0.1) is 17.1 Å². The lowest BCUT2D eigenvalue weighted by Gasteiger charge is -2.21. The number of anilines is 1. The summed E-state index contributed by atoms with van der Waals surface area (Å²) in [5.74, 6) is -0.857. The lowest BCUT2D eigenvalue weighted by Crippen LogP contribution is -2.37. The Balaban J connectivity index is 1.78. The van der Waals surface area contributed by atoms with Crippen LogP contribution in [0.3, 0.4) is 0 Å². The van der Waals surface area contributed by atoms with Gasteiger partial charge in [-0.2, -0.15) is 5.10 Å².